The van der Waals surface area contributed by atoms with E-state index in [0.717, 1.165) is 4.47 Å². The molecule has 0 saturated carbocycles. The molecule has 0 bridgehead atoms. The number of aromatic hydroxyl groups is 1. The molecule has 0 aliphatic carbocycles. The lowest BCUT2D eigenvalue weighted by Crippen LogP contribution is -2.42. The Labute approximate surface area is 186 Å². The van der Waals surface area contributed by atoms with Gasteiger partial charge in [-0.3, -0.25) is 4.79 Å². The highest BCUT2D eigenvalue weighted by Gasteiger charge is 2.27. The second-order valence-corrected chi connectivity index (χ2v) is 7.44. The summed E-state index contributed by atoms with van der Waals surface area (Å²) >= 11 is 3.38. The Kier molecular flexibility index (Phi) is 6.23. The van der Waals surface area contributed by atoms with Gasteiger partial charge in [-0.15, -0.1) is 0 Å². The van der Waals surface area contributed by atoms with E-state index in [1.165, 1.54) is 12.3 Å². The molecular formula is C22H17BrN4O4. The molecule has 8 nitrogen and oxygen atoms in total. The molecule has 156 valence electrons. The van der Waals surface area contributed by atoms with Gasteiger partial charge in [0.15, 0.2) is 11.5 Å². The fourth-order valence-electron chi connectivity index (χ4n) is 2.75. The highest BCUT2D eigenvalue weighted by Crippen LogP contribution is 2.31. The third-order valence-electron chi connectivity index (χ3n) is 4.28. The normalized spacial score (nSPS) is 15.3. The van der Waals surface area contributed by atoms with E-state index in [9.17, 15) is 9.90 Å². The van der Waals surface area contributed by atoms with Crippen molar-refractivity contribution in [3.8, 4) is 17.2 Å². The number of rotatable bonds is 5. The SMILES string of the molecule is O=C(N/N=C\c1cc(N=Nc2cccc(Br)c2)ccc1O)[C@@H]1COc2ccccc2O1. The van der Waals surface area contributed by atoms with Gasteiger partial charge in [0.05, 0.1) is 17.6 Å². The zero-order valence-electron chi connectivity index (χ0n) is 16.1. The maximum atomic E-state index is 12.3. The fraction of sp³-hybridized carbons (Fsp3) is 0.0909. The second kappa shape index (κ2) is 9.40. The number of phenols is 1. The largest absolute Gasteiger partial charge is 0.507 e. The average molecular weight is 481 g/mol. The van der Waals surface area contributed by atoms with Gasteiger partial charge in [-0.2, -0.15) is 15.3 Å². The Bertz CT molecular complexity index is 1170. The Morgan fingerprint density at radius 1 is 1.03 bits per heavy atom. The molecule has 1 amide bonds. The smallest absolute Gasteiger partial charge is 0.284 e. The molecule has 3 aromatic carbocycles. The molecule has 0 radical (unpaired) electrons. The molecule has 4 rings (SSSR count). The minimum atomic E-state index is -0.828. The average Bonchev–Trinajstić information content (AvgIpc) is 2.79. The van der Waals surface area contributed by atoms with Crippen molar-refractivity contribution >= 4 is 39.4 Å². The van der Waals surface area contributed by atoms with Gasteiger partial charge in [0.1, 0.15) is 12.4 Å². The molecule has 0 spiro atoms. The minimum absolute atomic E-state index is 0.00872. The van der Waals surface area contributed by atoms with Gasteiger partial charge < -0.3 is 14.6 Å². The van der Waals surface area contributed by atoms with Crippen molar-refractivity contribution in [2.75, 3.05) is 6.61 Å². The Morgan fingerprint density at radius 3 is 2.61 bits per heavy atom. The summed E-state index contributed by atoms with van der Waals surface area (Å²) in [6.45, 7) is 0.0785. The van der Waals surface area contributed by atoms with Crippen molar-refractivity contribution < 1.29 is 19.4 Å². The summed E-state index contributed by atoms with van der Waals surface area (Å²) in [6.07, 6.45) is 0.495. The number of amides is 1. The number of carbonyl (C=O) groups excluding carboxylic acids is 1. The van der Waals surface area contributed by atoms with Crippen LogP contribution in [0, 0.1) is 0 Å². The van der Waals surface area contributed by atoms with Crippen LogP contribution in [-0.2, 0) is 4.79 Å². The van der Waals surface area contributed by atoms with Crippen LogP contribution in [0.25, 0.3) is 0 Å². The summed E-state index contributed by atoms with van der Waals surface area (Å²) < 4.78 is 12.1. The van der Waals surface area contributed by atoms with Gasteiger partial charge in [0, 0.05) is 10.0 Å². The molecule has 1 aliphatic rings. The van der Waals surface area contributed by atoms with Crippen molar-refractivity contribution in [1.82, 2.24) is 5.43 Å². The number of fused-ring (bicyclic) bond motifs is 1. The minimum Gasteiger partial charge on any atom is -0.507 e. The van der Waals surface area contributed by atoms with Crippen LogP contribution in [0.4, 0.5) is 11.4 Å². The van der Waals surface area contributed by atoms with Crippen LogP contribution in [-0.4, -0.2) is 29.9 Å². The number of para-hydroxylation sites is 2. The Balaban J connectivity index is 1.39. The summed E-state index contributed by atoms with van der Waals surface area (Å²) in [4.78, 5) is 12.3. The zero-order chi connectivity index (χ0) is 21.6. The van der Waals surface area contributed by atoms with E-state index in [1.807, 2.05) is 30.3 Å². The first kappa shape index (κ1) is 20.5. The van der Waals surface area contributed by atoms with Crippen LogP contribution in [0.3, 0.4) is 0 Å². The molecule has 0 unspecified atom stereocenters. The van der Waals surface area contributed by atoms with E-state index in [1.54, 1.807) is 30.3 Å². The number of halogens is 1. The highest BCUT2D eigenvalue weighted by atomic mass is 79.9. The maximum Gasteiger partial charge on any atom is 0.284 e. The molecule has 0 saturated heterocycles. The van der Waals surface area contributed by atoms with E-state index in [4.69, 9.17) is 9.47 Å². The number of azo groups is 1. The maximum absolute atomic E-state index is 12.3. The van der Waals surface area contributed by atoms with Gasteiger partial charge >= 0.3 is 0 Å². The van der Waals surface area contributed by atoms with Crippen molar-refractivity contribution in [1.29, 1.82) is 0 Å². The van der Waals surface area contributed by atoms with Gasteiger partial charge in [-0.1, -0.05) is 34.1 Å². The lowest BCUT2D eigenvalue weighted by molar-refractivity contribution is -0.130. The molecule has 1 aliphatic heterocycles. The van der Waals surface area contributed by atoms with Crippen LogP contribution in [0.5, 0.6) is 17.2 Å². The van der Waals surface area contributed by atoms with Crippen LogP contribution in [0.2, 0.25) is 0 Å². The number of nitrogens with zero attached hydrogens (tertiary/aromatic N) is 3. The molecule has 0 aromatic heterocycles. The Morgan fingerprint density at radius 2 is 1.81 bits per heavy atom. The number of ether oxygens (including phenoxy) is 2. The monoisotopic (exact) mass is 480 g/mol. The molecular weight excluding hydrogens is 464 g/mol. The topological polar surface area (TPSA) is 105 Å². The van der Waals surface area contributed by atoms with E-state index in [0.29, 0.717) is 28.4 Å². The lowest BCUT2D eigenvalue weighted by Gasteiger charge is -2.24. The van der Waals surface area contributed by atoms with Crippen LogP contribution in [0.1, 0.15) is 5.56 Å². The summed E-state index contributed by atoms with van der Waals surface area (Å²) in [7, 11) is 0. The number of hydrogen-bond acceptors (Lipinski definition) is 7. The first-order valence-corrected chi connectivity index (χ1v) is 10.1. The van der Waals surface area contributed by atoms with E-state index >= 15 is 0 Å². The second-order valence-electron chi connectivity index (χ2n) is 6.52. The van der Waals surface area contributed by atoms with Crippen molar-refractivity contribution in [2.24, 2.45) is 15.3 Å². The molecule has 1 atom stereocenters. The first-order valence-electron chi connectivity index (χ1n) is 9.30. The van der Waals surface area contributed by atoms with Crippen molar-refractivity contribution in [3.05, 3.63) is 76.8 Å². The number of nitrogens with one attached hydrogen (secondary N) is 1. The lowest BCUT2D eigenvalue weighted by atomic mass is 10.2. The molecule has 0 fully saturated rings. The highest BCUT2D eigenvalue weighted by molar-refractivity contribution is 9.10. The third kappa shape index (κ3) is 5.26. The van der Waals surface area contributed by atoms with Crippen molar-refractivity contribution in [2.45, 2.75) is 6.10 Å². The Hall–Kier alpha value is -3.72. The standard InChI is InChI=1S/C22H17BrN4O4/c23-15-4-3-5-16(11-15)25-26-17-8-9-18(28)14(10-17)12-24-27-22(29)21-13-30-19-6-1-2-7-20(19)31-21/h1-12,21,28H,13H2,(H,27,29)/b24-12-,26-25?/t21-/m0/s1. The summed E-state index contributed by atoms with van der Waals surface area (Å²) in [6, 6.07) is 19.2. The molecule has 9 heteroatoms. The fourth-order valence-corrected chi connectivity index (χ4v) is 3.13. The molecule has 31 heavy (non-hydrogen) atoms. The van der Waals surface area contributed by atoms with E-state index in [-0.39, 0.29) is 12.4 Å². The van der Waals surface area contributed by atoms with Crippen LogP contribution < -0.4 is 14.9 Å². The summed E-state index contributed by atoms with van der Waals surface area (Å²) in [5.41, 5.74) is 3.97. The number of carbonyl (C=O) groups is 1. The molecule has 3 aromatic rings. The van der Waals surface area contributed by atoms with Gasteiger partial charge in [0.25, 0.3) is 5.91 Å². The van der Waals surface area contributed by atoms with Crippen molar-refractivity contribution in [3.63, 3.8) is 0 Å². The summed E-state index contributed by atoms with van der Waals surface area (Å²) in [5, 5.41) is 22.3. The molecule has 2 N–H and O–H groups in total. The van der Waals surface area contributed by atoms with Gasteiger partial charge in [-0.25, -0.2) is 5.43 Å². The predicted octanol–water partition coefficient (Wildman–Crippen LogP) is 4.86. The quantitative estimate of drug-likeness (QED) is 0.309. The zero-order valence-corrected chi connectivity index (χ0v) is 17.7. The number of hydrogen-bond donors (Lipinski definition) is 2. The van der Waals surface area contributed by atoms with E-state index in [2.05, 4.69) is 36.7 Å². The number of phenolic OH excluding ortho intramolecular Hbond substituents is 1. The van der Waals surface area contributed by atoms with Gasteiger partial charge in [-0.05, 0) is 48.5 Å². The summed E-state index contributed by atoms with van der Waals surface area (Å²) in [5.74, 6) is 0.620. The van der Waals surface area contributed by atoms with Gasteiger partial charge in [0.2, 0.25) is 6.10 Å². The third-order valence-corrected chi connectivity index (χ3v) is 4.77. The predicted molar refractivity (Wildman–Crippen MR) is 119 cm³/mol. The first-order chi connectivity index (χ1) is 15.1. The van der Waals surface area contributed by atoms with Crippen LogP contribution in [0.15, 0.2) is 86.5 Å². The molecule has 1 heterocycles. The van der Waals surface area contributed by atoms with E-state index < -0.39 is 12.0 Å². The van der Waals surface area contributed by atoms with Crippen LogP contribution >= 0.6 is 15.9 Å². The number of benzene rings is 3. The number of hydrazone groups is 1.